The van der Waals surface area contributed by atoms with Crippen molar-refractivity contribution >= 4 is 29.5 Å². The number of thioether (sulfide) groups is 2. The third kappa shape index (κ3) is 3.37. The molecule has 0 atom stereocenters. The van der Waals surface area contributed by atoms with Crippen molar-refractivity contribution in [1.82, 2.24) is 9.55 Å². The lowest BCUT2D eigenvalue weighted by molar-refractivity contribution is -0.137. The largest absolute Gasteiger partial charge is 0.468 e. The van der Waals surface area contributed by atoms with Crippen LogP contribution >= 0.6 is 23.5 Å². The molecule has 126 valence electrons. The fraction of sp³-hybridized carbons (Fsp3) is 0.353. The van der Waals surface area contributed by atoms with E-state index >= 15 is 0 Å². The highest BCUT2D eigenvalue weighted by Crippen LogP contribution is 2.30. The van der Waals surface area contributed by atoms with E-state index in [0.29, 0.717) is 5.16 Å². The van der Waals surface area contributed by atoms with Gasteiger partial charge in [0, 0.05) is 12.2 Å². The zero-order valence-corrected chi connectivity index (χ0v) is 15.4. The maximum atomic E-state index is 13.0. The lowest BCUT2D eigenvalue weighted by Gasteiger charge is -2.14. The topological polar surface area (TPSA) is 61.2 Å². The molecule has 0 saturated heterocycles. The molecule has 0 aliphatic carbocycles. The summed E-state index contributed by atoms with van der Waals surface area (Å²) in [5.74, 6) is 0.658. The number of hydrogen-bond donors (Lipinski definition) is 0. The zero-order chi connectivity index (χ0) is 17.3. The molecule has 1 aromatic carbocycles. The van der Waals surface area contributed by atoms with Crippen LogP contribution in [-0.2, 0) is 16.0 Å². The van der Waals surface area contributed by atoms with Gasteiger partial charge < -0.3 is 4.74 Å². The predicted molar refractivity (Wildman–Crippen MR) is 96.5 cm³/mol. The third-order valence-electron chi connectivity index (χ3n) is 3.68. The first-order valence-electron chi connectivity index (χ1n) is 7.56. The Labute approximate surface area is 148 Å². The molecule has 0 spiro atoms. The Kier molecular flexibility index (Phi) is 5.01. The van der Waals surface area contributed by atoms with Gasteiger partial charge in [0.05, 0.1) is 29.1 Å². The van der Waals surface area contributed by atoms with Crippen LogP contribution in [0.2, 0.25) is 0 Å². The molecule has 0 radical (unpaired) electrons. The van der Waals surface area contributed by atoms with E-state index in [0.717, 1.165) is 39.6 Å². The second-order valence-corrected chi connectivity index (χ2v) is 7.67. The Balaban J connectivity index is 2.15. The van der Waals surface area contributed by atoms with Crippen molar-refractivity contribution in [2.24, 2.45) is 0 Å². The molecule has 0 saturated carbocycles. The number of aromatic nitrogens is 2. The van der Waals surface area contributed by atoms with Gasteiger partial charge in [-0.2, -0.15) is 0 Å². The van der Waals surface area contributed by atoms with E-state index in [2.05, 4.69) is 11.1 Å². The summed E-state index contributed by atoms with van der Waals surface area (Å²) in [5, 5.41) is 0.539. The fourth-order valence-corrected chi connectivity index (χ4v) is 4.56. The Morgan fingerprint density at radius 1 is 1.33 bits per heavy atom. The van der Waals surface area contributed by atoms with Gasteiger partial charge in [0.25, 0.3) is 5.56 Å². The minimum Gasteiger partial charge on any atom is -0.468 e. The molecule has 0 unspecified atom stereocenters. The standard InChI is InChI=1S/C17H18N2O3S2/c1-10-6-11(2)8-12(7-10)19-16(21)15-13(4-5-23-15)18-17(19)24-9-14(20)22-3/h6-8H,4-5,9H2,1-3H3. The maximum absolute atomic E-state index is 13.0. The molecule has 1 aliphatic heterocycles. The molecular weight excluding hydrogens is 344 g/mol. The molecule has 0 N–H and O–H groups in total. The third-order valence-corrected chi connectivity index (χ3v) is 5.70. The molecule has 1 aliphatic rings. The van der Waals surface area contributed by atoms with Crippen molar-refractivity contribution in [3.63, 3.8) is 0 Å². The molecule has 7 heteroatoms. The number of nitrogens with zero attached hydrogens (tertiary/aromatic N) is 2. The second kappa shape index (κ2) is 7.03. The normalized spacial score (nSPS) is 13.0. The quantitative estimate of drug-likeness (QED) is 0.473. The van der Waals surface area contributed by atoms with Crippen LogP contribution in [-0.4, -0.2) is 34.1 Å². The summed E-state index contributed by atoms with van der Waals surface area (Å²) in [6.45, 7) is 4.00. The van der Waals surface area contributed by atoms with Gasteiger partial charge in [0.1, 0.15) is 0 Å². The van der Waals surface area contributed by atoms with Gasteiger partial charge in [-0.25, -0.2) is 4.98 Å². The molecule has 0 fully saturated rings. The highest BCUT2D eigenvalue weighted by atomic mass is 32.2. The van der Waals surface area contributed by atoms with Crippen LogP contribution < -0.4 is 5.56 Å². The number of aryl methyl sites for hydroxylation is 3. The van der Waals surface area contributed by atoms with Gasteiger partial charge in [-0.05, 0) is 37.1 Å². The number of fused-ring (bicyclic) bond motifs is 1. The number of esters is 1. The van der Waals surface area contributed by atoms with E-state index < -0.39 is 0 Å². The van der Waals surface area contributed by atoms with Crippen molar-refractivity contribution in [3.05, 3.63) is 45.4 Å². The average molecular weight is 362 g/mol. The zero-order valence-electron chi connectivity index (χ0n) is 13.8. The minimum absolute atomic E-state index is 0.0557. The van der Waals surface area contributed by atoms with Crippen molar-refractivity contribution < 1.29 is 9.53 Å². The summed E-state index contributed by atoms with van der Waals surface area (Å²) >= 11 is 2.79. The average Bonchev–Trinajstić information content (AvgIpc) is 3.00. The monoisotopic (exact) mass is 362 g/mol. The van der Waals surface area contributed by atoms with Crippen LogP contribution in [0.4, 0.5) is 0 Å². The number of ether oxygens (including phenoxy) is 1. The van der Waals surface area contributed by atoms with Gasteiger partial charge in [-0.3, -0.25) is 14.2 Å². The lowest BCUT2D eigenvalue weighted by Crippen LogP contribution is -2.24. The molecule has 0 amide bonds. The highest BCUT2D eigenvalue weighted by molar-refractivity contribution is 8.00. The second-order valence-electron chi connectivity index (χ2n) is 5.62. The number of carbonyl (C=O) groups is 1. The Morgan fingerprint density at radius 3 is 2.71 bits per heavy atom. The van der Waals surface area contributed by atoms with Gasteiger partial charge in [-0.1, -0.05) is 17.8 Å². The summed E-state index contributed by atoms with van der Waals surface area (Å²) < 4.78 is 6.32. The van der Waals surface area contributed by atoms with Gasteiger partial charge >= 0.3 is 5.97 Å². The van der Waals surface area contributed by atoms with Crippen LogP contribution in [0.1, 0.15) is 16.8 Å². The first kappa shape index (κ1) is 17.1. The first-order valence-corrected chi connectivity index (χ1v) is 9.53. The summed E-state index contributed by atoms with van der Waals surface area (Å²) in [7, 11) is 1.35. The van der Waals surface area contributed by atoms with Crippen LogP contribution in [0, 0.1) is 13.8 Å². The SMILES string of the molecule is COC(=O)CSc1nc2c(c(=O)n1-c1cc(C)cc(C)c1)SCC2. The number of carbonyl (C=O) groups excluding carboxylic acids is 1. The Hall–Kier alpha value is -1.73. The fourth-order valence-electron chi connectivity index (χ4n) is 2.68. The van der Waals surface area contributed by atoms with Crippen molar-refractivity contribution in [1.29, 1.82) is 0 Å². The molecule has 5 nitrogen and oxygen atoms in total. The van der Waals surface area contributed by atoms with E-state index in [9.17, 15) is 9.59 Å². The molecule has 0 bridgehead atoms. The molecule has 3 rings (SSSR count). The van der Waals surface area contributed by atoms with E-state index in [1.807, 2.05) is 26.0 Å². The van der Waals surface area contributed by atoms with Crippen molar-refractivity contribution in [3.8, 4) is 5.69 Å². The van der Waals surface area contributed by atoms with Gasteiger partial charge in [0.15, 0.2) is 5.16 Å². The molecule has 2 aromatic rings. The van der Waals surface area contributed by atoms with Crippen LogP contribution in [0.3, 0.4) is 0 Å². The number of methoxy groups -OCH3 is 1. The van der Waals surface area contributed by atoms with Crippen molar-refractivity contribution in [2.75, 3.05) is 18.6 Å². The summed E-state index contributed by atoms with van der Waals surface area (Å²) in [5.41, 5.74) is 3.72. The van der Waals surface area contributed by atoms with E-state index in [1.54, 1.807) is 16.3 Å². The Bertz CT molecular complexity index is 841. The number of rotatable bonds is 4. The lowest BCUT2D eigenvalue weighted by atomic mass is 10.1. The van der Waals surface area contributed by atoms with E-state index in [-0.39, 0.29) is 17.3 Å². The summed E-state index contributed by atoms with van der Waals surface area (Å²) in [6, 6.07) is 5.99. The van der Waals surface area contributed by atoms with E-state index in [1.165, 1.54) is 18.9 Å². The minimum atomic E-state index is -0.337. The van der Waals surface area contributed by atoms with Gasteiger partial charge in [-0.15, -0.1) is 11.8 Å². The number of benzene rings is 1. The Morgan fingerprint density at radius 2 is 2.04 bits per heavy atom. The summed E-state index contributed by atoms with van der Waals surface area (Å²) in [4.78, 5) is 29.9. The number of hydrogen-bond acceptors (Lipinski definition) is 6. The molecule has 24 heavy (non-hydrogen) atoms. The van der Waals surface area contributed by atoms with Crippen LogP contribution in [0.15, 0.2) is 33.0 Å². The molecule has 2 heterocycles. The molecular formula is C17H18N2O3S2. The smallest absolute Gasteiger partial charge is 0.316 e. The first-order chi connectivity index (χ1) is 11.5. The van der Waals surface area contributed by atoms with Crippen molar-refractivity contribution in [2.45, 2.75) is 30.3 Å². The van der Waals surface area contributed by atoms with Crippen LogP contribution in [0.25, 0.3) is 5.69 Å². The molecule has 1 aromatic heterocycles. The highest BCUT2D eigenvalue weighted by Gasteiger charge is 2.23. The van der Waals surface area contributed by atoms with E-state index in [4.69, 9.17) is 4.74 Å². The van der Waals surface area contributed by atoms with Gasteiger partial charge in [0.2, 0.25) is 0 Å². The predicted octanol–water partition coefficient (Wildman–Crippen LogP) is 2.76. The maximum Gasteiger partial charge on any atom is 0.316 e. The van der Waals surface area contributed by atoms with Crippen LogP contribution in [0.5, 0.6) is 0 Å². The summed E-state index contributed by atoms with van der Waals surface area (Å²) in [6.07, 6.45) is 0.786.